The smallest absolute Gasteiger partial charge is 0.297 e. The Hall–Kier alpha value is -1.77. The number of nitrogens with zero attached hydrogens (tertiary/aromatic N) is 2. The monoisotopic (exact) mass is 202 g/mol. The summed E-state index contributed by atoms with van der Waals surface area (Å²) in [4.78, 5) is 6.30. The fourth-order valence-corrected chi connectivity index (χ4v) is 1.44. The molecule has 0 spiro atoms. The molecule has 2 rings (SSSR count). The third-order valence-corrected chi connectivity index (χ3v) is 2.22. The Balaban J connectivity index is 2.45. The van der Waals surface area contributed by atoms with Gasteiger partial charge in [0.15, 0.2) is 0 Å². The molecular weight excluding hydrogens is 188 g/mol. The van der Waals surface area contributed by atoms with E-state index in [1.165, 1.54) is 0 Å². The predicted molar refractivity (Wildman–Crippen MR) is 61.0 cm³/mol. The Morgan fingerprint density at radius 3 is 2.33 bits per heavy atom. The van der Waals surface area contributed by atoms with Crippen LogP contribution >= 0.6 is 0 Å². The van der Waals surface area contributed by atoms with Crippen molar-refractivity contribution in [2.75, 3.05) is 19.0 Å². The molecule has 2 aromatic rings. The second-order valence-corrected chi connectivity index (χ2v) is 3.66. The van der Waals surface area contributed by atoms with Crippen LogP contribution in [0.3, 0.4) is 0 Å². The molecule has 0 aliphatic rings. The average Bonchev–Trinajstić information content (AvgIpc) is 2.62. The van der Waals surface area contributed by atoms with Crippen LogP contribution in [-0.4, -0.2) is 19.1 Å². The van der Waals surface area contributed by atoms with Crippen LogP contribution in [-0.2, 0) is 0 Å². The number of aryl methyl sites for hydroxylation is 1. The van der Waals surface area contributed by atoms with Crippen molar-refractivity contribution >= 4 is 6.01 Å². The summed E-state index contributed by atoms with van der Waals surface area (Å²) in [6.45, 7) is 1.93. The van der Waals surface area contributed by atoms with E-state index in [-0.39, 0.29) is 0 Å². The highest BCUT2D eigenvalue weighted by molar-refractivity contribution is 5.62. The van der Waals surface area contributed by atoms with Crippen LogP contribution in [0, 0.1) is 6.92 Å². The van der Waals surface area contributed by atoms with Gasteiger partial charge in [-0.3, -0.25) is 0 Å². The summed E-state index contributed by atoms with van der Waals surface area (Å²) < 4.78 is 5.55. The van der Waals surface area contributed by atoms with E-state index in [1.54, 1.807) is 0 Å². The van der Waals surface area contributed by atoms with Gasteiger partial charge in [-0.2, -0.15) is 4.98 Å². The van der Waals surface area contributed by atoms with E-state index in [1.807, 2.05) is 56.3 Å². The van der Waals surface area contributed by atoms with Crippen molar-refractivity contribution in [1.29, 1.82) is 0 Å². The van der Waals surface area contributed by atoms with E-state index in [9.17, 15) is 0 Å². The van der Waals surface area contributed by atoms with Crippen molar-refractivity contribution in [2.24, 2.45) is 0 Å². The summed E-state index contributed by atoms with van der Waals surface area (Å²) in [5, 5.41) is 0. The number of oxazole rings is 1. The topological polar surface area (TPSA) is 29.3 Å². The first kappa shape index (κ1) is 9.77. The van der Waals surface area contributed by atoms with Crippen molar-refractivity contribution in [3.63, 3.8) is 0 Å². The zero-order valence-electron chi connectivity index (χ0n) is 9.19. The maximum Gasteiger partial charge on any atom is 0.297 e. The minimum atomic E-state index is 0.645. The van der Waals surface area contributed by atoms with Gasteiger partial charge < -0.3 is 9.32 Å². The average molecular weight is 202 g/mol. The zero-order valence-corrected chi connectivity index (χ0v) is 9.19. The standard InChI is InChI=1S/C12H14N2O/c1-9-11(10-7-5-4-6-8-10)13-12(15-9)14(2)3/h4-8H,1-3H3. The first-order valence-electron chi connectivity index (χ1n) is 4.88. The van der Waals surface area contributed by atoms with Crippen LogP contribution in [0.4, 0.5) is 6.01 Å². The van der Waals surface area contributed by atoms with Crippen LogP contribution in [0.25, 0.3) is 11.3 Å². The van der Waals surface area contributed by atoms with Gasteiger partial charge in [0.25, 0.3) is 6.01 Å². The van der Waals surface area contributed by atoms with Crippen molar-refractivity contribution in [1.82, 2.24) is 4.98 Å². The van der Waals surface area contributed by atoms with Crippen molar-refractivity contribution in [3.8, 4) is 11.3 Å². The Bertz CT molecular complexity index is 446. The number of hydrogen-bond acceptors (Lipinski definition) is 3. The van der Waals surface area contributed by atoms with Crippen molar-refractivity contribution in [3.05, 3.63) is 36.1 Å². The molecular formula is C12H14N2O. The number of rotatable bonds is 2. The predicted octanol–water partition coefficient (Wildman–Crippen LogP) is 2.72. The second-order valence-electron chi connectivity index (χ2n) is 3.66. The van der Waals surface area contributed by atoms with Gasteiger partial charge in [-0.05, 0) is 6.92 Å². The molecule has 0 fully saturated rings. The van der Waals surface area contributed by atoms with Crippen LogP contribution in [0.2, 0.25) is 0 Å². The number of benzene rings is 1. The Morgan fingerprint density at radius 1 is 1.13 bits per heavy atom. The number of anilines is 1. The fraction of sp³-hybridized carbons (Fsp3) is 0.250. The second kappa shape index (κ2) is 3.77. The molecule has 1 heterocycles. The van der Waals surface area contributed by atoms with E-state index >= 15 is 0 Å². The van der Waals surface area contributed by atoms with Crippen molar-refractivity contribution < 1.29 is 4.42 Å². The van der Waals surface area contributed by atoms with Crippen LogP contribution < -0.4 is 4.90 Å². The maximum atomic E-state index is 5.55. The highest BCUT2D eigenvalue weighted by Gasteiger charge is 2.11. The van der Waals surface area contributed by atoms with Gasteiger partial charge in [-0.1, -0.05) is 30.3 Å². The van der Waals surface area contributed by atoms with E-state index in [2.05, 4.69) is 4.98 Å². The Kier molecular flexibility index (Phi) is 2.46. The number of aromatic nitrogens is 1. The summed E-state index contributed by atoms with van der Waals surface area (Å²) in [5.74, 6) is 0.852. The van der Waals surface area contributed by atoms with Gasteiger partial charge in [-0.25, -0.2) is 0 Å². The molecule has 0 aliphatic carbocycles. The maximum absolute atomic E-state index is 5.55. The van der Waals surface area contributed by atoms with Crippen molar-refractivity contribution in [2.45, 2.75) is 6.92 Å². The highest BCUT2D eigenvalue weighted by Crippen LogP contribution is 2.25. The number of hydrogen-bond donors (Lipinski definition) is 0. The molecule has 3 heteroatoms. The molecule has 0 saturated heterocycles. The van der Waals surface area contributed by atoms with E-state index in [0.29, 0.717) is 6.01 Å². The Labute approximate surface area is 89.4 Å². The lowest BCUT2D eigenvalue weighted by molar-refractivity contribution is 0.527. The highest BCUT2D eigenvalue weighted by atomic mass is 16.4. The molecule has 0 N–H and O–H groups in total. The lowest BCUT2D eigenvalue weighted by atomic mass is 10.1. The minimum absolute atomic E-state index is 0.645. The molecule has 0 aliphatic heterocycles. The first-order chi connectivity index (χ1) is 7.18. The summed E-state index contributed by atoms with van der Waals surface area (Å²) in [5.41, 5.74) is 2.01. The van der Waals surface area contributed by atoms with Gasteiger partial charge in [0, 0.05) is 19.7 Å². The normalized spacial score (nSPS) is 10.3. The zero-order chi connectivity index (χ0) is 10.8. The molecule has 0 atom stereocenters. The molecule has 0 saturated carbocycles. The Morgan fingerprint density at radius 2 is 1.80 bits per heavy atom. The third-order valence-electron chi connectivity index (χ3n) is 2.22. The minimum Gasteiger partial charge on any atom is -0.428 e. The summed E-state index contributed by atoms with van der Waals surface area (Å²) >= 11 is 0. The van der Waals surface area contributed by atoms with Crippen LogP contribution in [0.5, 0.6) is 0 Å². The van der Waals surface area contributed by atoms with Gasteiger partial charge in [0.05, 0.1) is 0 Å². The van der Waals surface area contributed by atoms with Crippen LogP contribution in [0.15, 0.2) is 34.7 Å². The lowest BCUT2D eigenvalue weighted by Crippen LogP contribution is -2.08. The van der Waals surface area contributed by atoms with E-state index in [0.717, 1.165) is 17.0 Å². The molecule has 0 radical (unpaired) electrons. The summed E-state index contributed by atoms with van der Waals surface area (Å²) in [6, 6.07) is 10.7. The molecule has 1 aromatic heterocycles. The molecule has 3 nitrogen and oxygen atoms in total. The fourth-order valence-electron chi connectivity index (χ4n) is 1.44. The lowest BCUT2D eigenvalue weighted by Gasteiger charge is -2.03. The van der Waals surface area contributed by atoms with Gasteiger partial charge >= 0.3 is 0 Å². The molecule has 0 bridgehead atoms. The third kappa shape index (κ3) is 1.86. The molecule has 0 amide bonds. The summed E-state index contributed by atoms with van der Waals surface area (Å²) in [7, 11) is 3.83. The van der Waals surface area contributed by atoms with E-state index in [4.69, 9.17) is 4.42 Å². The SMILES string of the molecule is Cc1oc(N(C)C)nc1-c1ccccc1. The first-order valence-corrected chi connectivity index (χ1v) is 4.88. The molecule has 1 aromatic carbocycles. The van der Waals surface area contributed by atoms with Gasteiger partial charge in [0.2, 0.25) is 0 Å². The van der Waals surface area contributed by atoms with E-state index < -0.39 is 0 Å². The molecule has 0 unspecified atom stereocenters. The summed E-state index contributed by atoms with van der Waals surface area (Å²) in [6.07, 6.45) is 0. The van der Waals surface area contributed by atoms with Crippen LogP contribution in [0.1, 0.15) is 5.76 Å². The quantitative estimate of drug-likeness (QED) is 0.749. The largest absolute Gasteiger partial charge is 0.428 e. The molecule has 15 heavy (non-hydrogen) atoms. The van der Waals surface area contributed by atoms with Gasteiger partial charge in [0.1, 0.15) is 11.5 Å². The van der Waals surface area contributed by atoms with Gasteiger partial charge in [-0.15, -0.1) is 0 Å². The molecule has 78 valence electrons.